The fourth-order valence-electron chi connectivity index (χ4n) is 1.41. The number of nitrogens with two attached hydrogens (primary N) is 1. The molecule has 16 heavy (non-hydrogen) atoms. The van der Waals surface area contributed by atoms with Gasteiger partial charge in [0.25, 0.3) is 0 Å². The van der Waals surface area contributed by atoms with E-state index in [0.29, 0.717) is 29.5 Å². The van der Waals surface area contributed by atoms with Crippen LogP contribution >= 0.6 is 0 Å². The van der Waals surface area contributed by atoms with Crippen molar-refractivity contribution in [2.75, 3.05) is 19.5 Å². The topological polar surface area (TPSA) is 61.5 Å². The summed E-state index contributed by atoms with van der Waals surface area (Å²) < 4.78 is 10.2. The van der Waals surface area contributed by atoms with E-state index < -0.39 is 0 Å². The van der Waals surface area contributed by atoms with Crippen molar-refractivity contribution in [2.45, 2.75) is 12.8 Å². The summed E-state index contributed by atoms with van der Waals surface area (Å²) in [5.74, 6) is 0.840. The Hall–Kier alpha value is -1.71. The first-order valence-electron chi connectivity index (χ1n) is 5.31. The highest BCUT2D eigenvalue weighted by Gasteiger charge is 2.23. The van der Waals surface area contributed by atoms with Gasteiger partial charge in [0.2, 0.25) is 0 Å². The van der Waals surface area contributed by atoms with Crippen molar-refractivity contribution in [1.29, 1.82) is 0 Å². The summed E-state index contributed by atoms with van der Waals surface area (Å²) in [6.07, 6.45) is 2.32. The van der Waals surface area contributed by atoms with E-state index >= 15 is 0 Å². The first-order valence-corrected chi connectivity index (χ1v) is 5.31. The summed E-state index contributed by atoms with van der Waals surface area (Å²) in [5, 5.41) is 0. The highest BCUT2D eigenvalue weighted by Crippen LogP contribution is 2.29. The maximum atomic E-state index is 11.7. The van der Waals surface area contributed by atoms with Crippen molar-refractivity contribution in [3.05, 3.63) is 23.8 Å². The smallest absolute Gasteiger partial charge is 0.340 e. The second-order valence-electron chi connectivity index (χ2n) is 4.00. The van der Waals surface area contributed by atoms with E-state index in [-0.39, 0.29) is 5.97 Å². The standard InChI is InChI=1S/C12H15NO3/c1-15-9-4-5-10(11(13)6-9)12(14)16-7-8-2-3-8/h4-6,8H,2-3,7,13H2,1H3. The molecule has 86 valence electrons. The third-order valence-electron chi connectivity index (χ3n) is 2.63. The average molecular weight is 221 g/mol. The van der Waals surface area contributed by atoms with Crippen molar-refractivity contribution in [2.24, 2.45) is 5.92 Å². The van der Waals surface area contributed by atoms with Gasteiger partial charge in [0, 0.05) is 11.8 Å². The molecule has 2 rings (SSSR count). The summed E-state index contributed by atoms with van der Waals surface area (Å²) in [7, 11) is 1.56. The molecule has 0 spiro atoms. The van der Waals surface area contributed by atoms with Gasteiger partial charge in [-0.25, -0.2) is 4.79 Å². The third-order valence-corrected chi connectivity index (χ3v) is 2.63. The van der Waals surface area contributed by atoms with Gasteiger partial charge < -0.3 is 15.2 Å². The lowest BCUT2D eigenvalue weighted by Crippen LogP contribution is -2.10. The van der Waals surface area contributed by atoms with Gasteiger partial charge in [-0.05, 0) is 30.9 Å². The Bertz CT molecular complexity index is 399. The molecule has 0 heterocycles. The van der Waals surface area contributed by atoms with E-state index in [9.17, 15) is 4.79 Å². The van der Waals surface area contributed by atoms with Gasteiger partial charge in [0.15, 0.2) is 0 Å². The molecule has 0 aliphatic heterocycles. The van der Waals surface area contributed by atoms with E-state index in [1.165, 1.54) is 0 Å². The van der Waals surface area contributed by atoms with Crippen LogP contribution in [0.2, 0.25) is 0 Å². The lowest BCUT2D eigenvalue weighted by Gasteiger charge is -2.07. The minimum Gasteiger partial charge on any atom is -0.497 e. The lowest BCUT2D eigenvalue weighted by atomic mass is 10.2. The Balaban J connectivity index is 2.03. The fourth-order valence-corrected chi connectivity index (χ4v) is 1.41. The molecule has 4 nitrogen and oxygen atoms in total. The fraction of sp³-hybridized carbons (Fsp3) is 0.417. The zero-order valence-electron chi connectivity index (χ0n) is 9.23. The second-order valence-corrected chi connectivity index (χ2v) is 4.00. The predicted molar refractivity (Wildman–Crippen MR) is 60.4 cm³/mol. The minimum atomic E-state index is -0.355. The molecule has 0 saturated heterocycles. The molecule has 0 bridgehead atoms. The third kappa shape index (κ3) is 2.45. The minimum absolute atomic E-state index is 0.355. The Kier molecular flexibility index (Phi) is 2.99. The first-order chi connectivity index (χ1) is 7.70. The quantitative estimate of drug-likeness (QED) is 0.622. The van der Waals surface area contributed by atoms with Crippen LogP contribution in [0.15, 0.2) is 18.2 Å². The highest BCUT2D eigenvalue weighted by molar-refractivity contribution is 5.95. The number of nitrogen functional groups attached to an aromatic ring is 1. The molecule has 1 aromatic rings. The van der Waals surface area contributed by atoms with Gasteiger partial charge in [0.05, 0.1) is 19.3 Å². The normalized spacial score (nSPS) is 14.6. The molecule has 0 unspecified atom stereocenters. The molecular weight excluding hydrogens is 206 g/mol. The molecule has 0 radical (unpaired) electrons. The first kappa shape index (κ1) is 10.8. The van der Waals surface area contributed by atoms with Crippen LogP contribution < -0.4 is 10.5 Å². The molecule has 0 amide bonds. The number of esters is 1. The number of rotatable bonds is 4. The van der Waals surface area contributed by atoms with Gasteiger partial charge in [0.1, 0.15) is 5.75 Å². The van der Waals surface area contributed by atoms with Gasteiger partial charge in [-0.15, -0.1) is 0 Å². The Morgan fingerprint density at radius 1 is 1.50 bits per heavy atom. The SMILES string of the molecule is COc1ccc(C(=O)OCC2CC2)c(N)c1. The van der Waals surface area contributed by atoms with Crippen molar-refractivity contribution in [3.8, 4) is 5.75 Å². The van der Waals surface area contributed by atoms with Crippen LogP contribution in [0.5, 0.6) is 5.75 Å². The molecule has 1 aliphatic carbocycles. The van der Waals surface area contributed by atoms with Crippen molar-refractivity contribution in [3.63, 3.8) is 0 Å². The van der Waals surface area contributed by atoms with Crippen LogP contribution in [0.3, 0.4) is 0 Å². The van der Waals surface area contributed by atoms with Gasteiger partial charge in [-0.2, -0.15) is 0 Å². The largest absolute Gasteiger partial charge is 0.497 e. The molecule has 2 N–H and O–H groups in total. The Morgan fingerprint density at radius 2 is 2.25 bits per heavy atom. The number of ether oxygens (including phenoxy) is 2. The van der Waals surface area contributed by atoms with Gasteiger partial charge >= 0.3 is 5.97 Å². The molecule has 1 aliphatic rings. The Morgan fingerprint density at radius 3 is 2.81 bits per heavy atom. The van der Waals surface area contributed by atoms with Crippen LogP contribution in [-0.2, 0) is 4.74 Å². The second kappa shape index (κ2) is 4.43. The zero-order valence-corrected chi connectivity index (χ0v) is 9.23. The molecule has 1 aromatic carbocycles. The molecule has 0 atom stereocenters. The van der Waals surface area contributed by atoms with E-state index in [0.717, 1.165) is 12.8 Å². The van der Waals surface area contributed by atoms with Crippen molar-refractivity contribution in [1.82, 2.24) is 0 Å². The van der Waals surface area contributed by atoms with Crippen LogP contribution in [0.1, 0.15) is 23.2 Å². The molecular formula is C12H15NO3. The van der Waals surface area contributed by atoms with E-state index in [1.54, 1.807) is 25.3 Å². The lowest BCUT2D eigenvalue weighted by molar-refractivity contribution is 0.0487. The molecule has 4 heteroatoms. The summed E-state index contributed by atoms with van der Waals surface area (Å²) in [4.78, 5) is 11.7. The molecule has 1 saturated carbocycles. The average Bonchev–Trinajstić information content (AvgIpc) is 3.09. The maximum absolute atomic E-state index is 11.7. The van der Waals surface area contributed by atoms with Gasteiger partial charge in [-0.3, -0.25) is 0 Å². The van der Waals surface area contributed by atoms with E-state index in [1.807, 2.05) is 0 Å². The van der Waals surface area contributed by atoms with E-state index in [2.05, 4.69) is 0 Å². The number of benzene rings is 1. The number of methoxy groups -OCH3 is 1. The number of carbonyl (C=O) groups is 1. The zero-order chi connectivity index (χ0) is 11.5. The van der Waals surface area contributed by atoms with Crippen LogP contribution in [0.25, 0.3) is 0 Å². The Labute approximate surface area is 94.3 Å². The number of hydrogen-bond acceptors (Lipinski definition) is 4. The summed E-state index contributed by atoms with van der Waals surface area (Å²) in [6.45, 7) is 0.504. The molecule has 0 aromatic heterocycles. The van der Waals surface area contributed by atoms with E-state index in [4.69, 9.17) is 15.2 Å². The highest BCUT2D eigenvalue weighted by atomic mass is 16.5. The van der Waals surface area contributed by atoms with Crippen LogP contribution in [0.4, 0.5) is 5.69 Å². The maximum Gasteiger partial charge on any atom is 0.340 e. The summed E-state index contributed by atoms with van der Waals surface area (Å²) in [6, 6.07) is 4.95. The van der Waals surface area contributed by atoms with Crippen LogP contribution in [-0.4, -0.2) is 19.7 Å². The van der Waals surface area contributed by atoms with Crippen molar-refractivity contribution < 1.29 is 14.3 Å². The van der Waals surface area contributed by atoms with Crippen molar-refractivity contribution >= 4 is 11.7 Å². The monoisotopic (exact) mass is 221 g/mol. The van der Waals surface area contributed by atoms with Gasteiger partial charge in [-0.1, -0.05) is 0 Å². The molecule has 1 fully saturated rings. The number of hydrogen-bond donors (Lipinski definition) is 1. The number of anilines is 1. The number of carbonyl (C=O) groups excluding carboxylic acids is 1. The summed E-state index contributed by atoms with van der Waals surface area (Å²) >= 11 is 0. The predicted octanol–water partition coefficient (Wildman–Crippen LogP) is 1.84. The van der Waals surface area contributed by atoms with Crippen LogP contribution in [0, 0.1) is 5.92 Å². The summed E-state index contributed by atoms with van der Waals surface area (Å²) in [5.41, 5.74) is 6.53.